The molecule has 0 amide bonds. The molecule has 0 aliphatic heterocycles. The van der Waals surface area contributed by atoms with Crippen molar-refractivity contribution >= 4 is 5.95 Å². The molecule has 80 valence electrons. The van der Waals surface area contributed by atoms with Gasteiger partial charge in [0, 0.05) is 26.0 Å². The molecule has 4 nitrogen and oxygen atoms in total. The van der Waals surface area contributed by atoms with E-state index in [9.17, 15) is 0 Å². The van der Waals surface area contributed by atoms with Crippen molar-refractivity contribution < 1.29 is 0 Å². The standard InChI is InChI=1S/C10H20N4/c1-3-9(4-5-11)8-13-10-12-6-7-14(10)2/h6-7,9H,3-5,8,11H2,1-2H3,(H,12,13). The van der Waals surface area contributed by atoms with Gasteiger partial charge in [-0.1, -0.05) is 13.3 Å². The van der Waals surface area contributed by atoms with Crippen molar-refractivity contribution in [3.63, 3.8) is 0 Å². The monoisotopic (exact) mass is 196 g/mol. The van der Waals surface area contributed by atoms with Crippen LogP contribution in [0.1, 0.15) is 19.8 Å². The lowest BCUT2D eigenvalue weighted by Crippen LogP contribution is -2.18. The molecular formula is C10H20N4. The second-order valence-electron chi connectivity index (χ2n) is 3.59. The molecule has 0 bridgehead atoms. The smallest absolute Gasteiger partial charge is 0.202 e. The summed E-state index contributed by atoms with van der Waals surface area (Å²) in [6, 6.07) is 0. The molecule has 1 atom stereocenters. The normalized spacial score (nSPS) is 12.8. The SMILES string of the molecule is CCC(CCN)CNc1nccn1C. The van der Waals surface area contributed by atoms with Crippen LogP contribution in [0.2, 0.25) is 0 Å². The molecule has 0 saturated carbocycles. The minimum Gasteiger partial charge on any atom is -0.355 e. The zero-order chi connectivity index (χ0) is 10.4. The Kier molecular flexibility index (Phi) is 4.46. The summed E-state index contributed by atoms with van der Waals surface area (Å²) in [6.45, 7) is 3.92. The first-order valence-electron chi connectivity index (χ1n) is 5.19. The van der Waals surface area contributed by atoms with Crippen molar-refractivity contribution in [1.82, 2.24) is 9.55 Å². The maximum atomic E-state index is 5.54. The van der Waals surface area contributed by atoms with Gasteiger partial charge in [-0.25, -0.2) is 4.98 Å². The van der Waals surface area contributed by atoms with Gasteiger partial charge in [0.05, 0.1) is 0 Å². The molecule has 0 aromatic carbocycles. The molecule has 3 N–H and O–H groups in total. The quantitative estimate of drug-likeness (QED) is 0.719. The van der Waals surface area contributed by atoms with Crippen LogP contribution in [0.15, 0.2) is 12.4 Å². The van der Waals surface area contributed by atoms with E-state index in [2.05, 4.69) is 17.2 Å². The van der Waals surface area contributed by atoms with Gasteiger partial charge in [-0.15, -0.1) is 0 Å². The Morgan fingerprint density at radius 3 is 2.93 bits per heavy atom. The number of hydrogen-bond donors (Lipinski definition) is 2. The average Bonchev–Trinajstić information content (AvgIpc) is 2.59. The number of hydrogen-bond acceptors (Lipinski definition) is 3. The fraction of sp³-hybridized carbons (Fsp3) is 0.700. The lowest BCUT2D eigenvalue weighted by atomic mass is 10.0. The highest BCUT2D eigenvalue weighted by molar-refractivity contribution is 5.25. The molecule has 1 aromatic rings. The molecule has 0 aliphatic rings. The maximum Gasteiger partial charge on any atom is 0.202 e. The third-order valence-corrected chi connectivity index (χ3v) is 2.52. The Balaban J connectivity index is 2.35. The maximum absolute atomic E-state index is 5.54. The van der Waals surface area contributed by atoms with E-state index in [0.29, 0.717) is 5.92 Å². The molecule has 4 heteroatoms. The van der Waals surface area contributed by atoms with Crippen LogP contribution < -0.4 is 11.1 Å². The van der Waals surface area contributed by atoms with Crippen LogP contribution in [0.4, 0.5) is 5.95 Å². The average molecular weight is 196 g/mol. The zero-order valence-corrected chi connectivity index (χ0v) is 9.03. The molecular weight excluding hydrogens is 176 g/mol. The van der Waals surface area contributed by atoms with Crippen LogP contribution in [0.3, 0.4) is 0 Å². The number of rotatable bonds is 6. The molecule has 0 spiro atoms. The van der Waals surface area contributed by atoms with Crippen molar-refractivity contribution in [1.29, 1.82) is 0 Å². The molecule has 0 aliphatic carbocycles. The lowest BCUT2D eigenvalue weighted by Gasteiger charge is -2.14. The molecule has 0 saturated heterocycles. The van der Waals surface area contributed by atoms with E-state index in [4.69, 9.17) is 5.73 Å². The second-order valence-corrected chi connectivity index (χ2v) is 3.59. The minimum absolute atomic E-state index is 0.650. The molecule has 0 fully saturated rings. The zero-order valence-electron chi connectivity index (χ0n) is 9.03. The molecule has 1 unspecified atom stereocenters. The van der Waals surface area contributed by atoms with Crippen LogP contribution in [0.25, 0.3) is 0 Å². The van der Waals surface area contributed by atoms with Gasteiger partial charge in [0.1, 0.15) is 0 Å². The van der Waals surface area contributed by atoms with Gasteiger partial charge in [-0.3, -0.25) is 0 Å². The number of nitrogens with two attached hydrogens (primary N) is 1. The van der Waals surface area contributed by atoms with E-state index in [-0.39, 0.29) is 0 Å². The Labute approximate surface area is 85.5 Å². The third kappa shape index (κ3) is 3.03. The Morgan fingerprint density at radius 2 is 2.43 bits per heavy atom. The van der Waals surface area contributed by atoms with E-state index < -0.39 is 0 Å². The fourth-order valence-corrected chi connectivity index (χ4v) is 1.46. The van der Waals surface area contributed by atoms with Crippen LogP contribution in [-0.2, 0) is 7.05 Å². The number of imidazole rings is 1. The summed E-state index contributed by atoms with van der Waals surface area (Å²) in [7, 11) is 1.99. The lowest BCUT2D eigenvalue weighted by molar-refractivity contribution is 0.499. The van der Waals surface area contributed by atoms with Gasteiger partial charge in [0.2, 0.25) is 5.95 Å². The van der Waals surface area contributed by atoms with Gasteiger partial charge in [-0.2, -0.15) is 0 Å². The van der Waals surface area contributed by atoms with Gasteiger partial charge in [0.15, 0.2) is 0 Å². The summed E-state index contributed by atoms with van der Waals surface area (Å²) in [5.41, 5.74) is 5.54. The van der Waals surface area contributed by atoms with E-state index in [1.54, 1.807) is 6.20 Å². The summed E-state index contributed by atoms with van der Waals surface area (Å²) < 4.78 is 1.98. The number of nitrogens with one attached hydrogen (secondary N) is 1. The third-order valence-electron chi connectivity index (χ3n) is 2.52. The van der Waals surface area contributed by atoms with Crippen molar-refractivity contribution in [2.24, 2.45) is 18.7 Å². The Bertz CT molecular complexity index is 256. The summed E-state index contributed by atoms with van der Waals surface area (Å²) in [5.74, 6) is 1.58. The summed E-state index contributed by atoms with van der Waals surface area (Å²) in [4.78, 5) is 4.20. The Morgan fingerprint density at radius 1 is 1.64 bits per heavy atom. The van der Waals surface area contributed by atoms with E-state index in [1.165, 1.54) is 0 Å². The topological polar surface area (TPSA) is 55.9 Å². The van der Waals surface area contributed by atoms with Gasteiger partial charge in [0.25, 0.3) is 0 Å². The highest BCUT2D eigenvalue weighted by Gasteiger charge is 2.06. The largest absolute Gasteiger partial charge is 0.355 e. The molecule has 1 rings (SSSR count). The predicted octanol–water partition coefficient (Wildman–Crippen LogP) is 1.21. The fourth-order valence-electron chi connectivity index (χ4n) is 1.46. The van der Waals surface area contributed by atoms with Crippen molar-refractivity contribution in [3.8, 4) is 0 Å². The van der Waals surface area contributed by atoms with Crippen LogP contribution in [0.5, 0.6) is 0 Å². The molecule has 14 heavy (non-hydrogen) atoms. The van der Waals surface area contributed by atoms with E-state index in [1.807, 2.05) is 17.8 Å². The number of aryl methyl sites for hydroxylation is 1. The van der Waals surface area contributed by atoms with Gasteiger partial charge in [-0.05, 0) is 18.9 Å². The molecule has 1 heterocycles. The minimum atomic E-state index is 0.650. The van der Waals surface area contributed by atoms with Crippen LogP contribution in [0, 0.1) is 5.92 Å². The number of aromatic nitrogens is 2. The Hall–Kier alpha value is -1.03. The summed E-state index contributed by atoms with van der Waals surface area (Å²) in [5, 5.41) is 3.33. The highest BCUT2D eigenvalue weighted by Crippen LogP contribution is 2.09. The number of nitrogens with zero attached hydrogens (tertiary/aromatic N) is 2. The van der Waals surface area contributed by atoms with Crippen molar-refractivity contribution in [2.45, 2.75) is 19.8 Å². The summed E-state index contributed by atoms with van der Waals surface area (Å²) in [6.07, 6.45) is 5.97. The first kappa shape index (κ1) is 11.0. The van der Waals surface area contributed by atoms with E-state index >= 15 is 0 Å². The highest BCUT2D eigenvalue weighted by atomic mass is 15.2. The van der Waals surface area contributed by atoms with Gasteiger partial charge >= 0.3 is 0 Å². The molecule has 0 radical (unpaired) electrons. The van der Waals surface area contributed by atoms with E-state index in [0.717, 1.165) is 31.9 Å². The van der Waals surface area contributed by atoms with Crippen LogP contribution in [-0.4, -0.2) is 22.6 Å². The number of anilines is 1. The predicted molar refractivity (Wildman–Crippen MR) is 59.2 cm³/mol. The van der Waals surface area contributed by atoms with Crippen molar-refractivity contribution in [2.75, 3.05) is 18.4 Å². The molecule has 1 aromatic heterocycles. The van der Waals surface area contributed by atoms with Crippen LogP contribution >= 0.6 is 0 Å². The first-order valence-corrected chi connectivity index (χ1v) is 5.19. The van der Waals surface area contributed by atoms with Gasteiger partial charge < -0.3 is 15.6 Å². The summed E-state index contributed by atoms with van der Waals surface area (Å²) >= 11 is 0. The first-order chi connectivity index (χ1) is 6.77. The second kappa shape index (κ2) is 5.65. The van der Waals surface area contributed by atoms with Crippen molar-refractivity contribution in [3.05, 3.63) is 12.4 Å².